The van der Waals surface area contributed by atoms with Gasteiger partial charge in [0.2, 0.25) is 5.88 Å². The summed E-state index contributed by atoms with van der Waals surface area (Å²) in [5.74, 6) is 1.44. The Bertz CT molecular complexity index is 537. The minimum Gasteiger partial charge on any atom is -0.477 e. The van der Waals surface area contributed by atoms with Crippen molar-refractivity contribution in [3.05, 3.63) is 36.5 Å². The largest absolute Gasteiger partial charge is 0.477 e. The first-order valence-corrected chi connectivity index (χ1v) is 8.04. The molecule has 6 heteroatoms. The maximum absolute atomic E-state index is 9.54. The zero-order chi connectivity index (χ0) is 16.7. The van der Waals surface area contributed by atoms with E-state index in [0.29, 0.717) is 24.2 Å². The molecule has 1 saturated heterocycles. The third kappa shape index (κ3) is 4.69. The Kier molecular flexibility index (Phi) is 6.40. The molecule has 1 aromatic heterocycles. The predicted molar refractivity (Wildman–Crippen MR) is 91.1 cm³/mol. The minimum absolute atomic E-state index is 0.404. The van der Waals surface area contributed by atoms with Gasteiger partial charge in [-0.3, -0.25) is 4.90 Å². The number of amidine groups is 1. The second kappa shape index (κ2) is 8.53. The molecule has 1 aliphatic rings. The van der Waals surface area contributed by atoms with Gasteiger partial charge in [-0.25, -0.2) is 4.98 Å². The van der Waals surface area contributed by atoms with Crippen LogP contribution in [-0.2, 0) is 0 Å². The molecule has 1 aliphatic heterocycles. The number of piperazine rings is 1. The summed E-state index contributed by atoms with van der Waals surface area (Å²) in [4.78, 5) is 8.68. The highest BCUT2D eigenvalue weighted by Crippen LogP contribution is 2.19. The number of nitrogens with zero attached hydrogens (tertiary/aromatic N) is 4. The summed E-state index contributed by atoms with van der Waals surface area (Å²) in [6.45, 7) is 12.8. The lowest BCUT2D eigenvalue weighted by molar-refractivity contribution is 0.191. The first-order valence-electron chi connectivity index (χ1n) is 8.04. The number of oxime groups is 1. The second-order valence-corrected chi connectivity index (χ2v) is 6.06. The van der Waals surface area contributed by atoms with Crippen LogP contribution in [0, 0.1) is 5.92 Å². The van der Waals surface area contributed by atoms with Crippen molar-refractivity contribution < 1.29 is 9.94 Å². The first-order chi connectivity index (χ1) is 11.2. The average molecular weight is 318 g/mol. The number of hydrogen-bond donors (Lipinski definition) is 1. The van der Waals surface area contributed by atoms with E-state index in [2.05, 4.69) is 40.4 Å². The standard InChI is InChI=1S/C17H26N4O2/c1-4-8-20-9-11-21(12-10-20)16(19-22)15-6-5-7-18-17(15)23-13-14(2)3/h4-7,14,22H,1,8-13H2,2-3H3/b19-16-. The van der Waals surface area contributed by atoms with Gasteiger partial charge in [0.25, 0.3) is 0 Å². The maximum Gasteiger partial charge on any atom is 0.224 e. The molecule has 126 valence electrons. The smallest absolute Gasteiger partial charge is 0.224 e. The van der Waals surface area contributed by atoms with Crippen LogP contribution in [0.25, 0.3) is 0 Å². The van der Waals surface area contributed by atoms with E-state index in [-0.39, 0.29) is 0 Å². The zero-order valence-corrected chi connectivity index (χ0v) is 14.0. The molecule has 0 radical (unpaired) electrons. The fourth-order valence-electron chi connectivity index (χ4n) is 2.53. The Labute approximate surface area is 138 Å². The van der Waals surface area contributed by atoms with Crippen molar-refractivity contribution >= 4 is 5.84 Å². The molecule has 6 nitrogen and oxygen atoms in total. The third-order valence-electron chi connectivity index (χ3n) is 3.72. The van der Waals surface area contributed by atoms with Crippen molar-refractivity contribution in [1.29, 1.82) is 0 Å². The molecule has 1 fully saturated rings. The summed E-state index contributed by atoms with van der Waals surface area (Å²) in [6.07, 6.45) is 3.60. The molecule has 0 aliphatic carbocycles. The number of pyridine rings is 1. The topological polar surface area (TPSA) is 61.2 Å². The van der Waals surface area contributed by atoms with Crippen LogP contribution in [0.15, 0.2) is 36.1 Å². The fourth-order valence-corrected chi connectivity index (χ4v) is 2.53. The molecule has 0 saturated carbocycles. The van der Waals surface area contributed by atoms with Crippen LogP contribution in [0.4, 0.5) is 0 Å². The Balaban J connectivity index is 2.11. The Morgan fingerprint density at radius 3 is 2.78 bits per heavy atom. The van der Waals surface area contributed by atoms with E-state index in [1.54, 1.807) is 6.20 Å². The molecule has 0 unspecified atom stereocenters. The van der Waals surface area contributed by atoms with E-state index in [4.69, 9.17) is 4.74 Å². The van der Waals surface area contributed by atoms with Crippen LogP contribution in [-0.4, -0.2) is 65.2 Å². The van der Waals surface area contributed by atoms with Gasteiger partial charge in [-0.15, -0.1) is 6.58 Å². The van der Waals surface area contributed by atoms with Crippen molar-refractivity contribution in [2.75, 3.05) is 39.3 Å². The zero-order valence-electron chi connectivity index (χ0n) is 14.0. The number of ether oxygens (including phenoxy) is 1. The molecule has 0 bridgehead atoms. The molecule has 0 aromatic carbocycles. The van der Waals surface area contributed by atoms with Crippen LogP contribution in [0.1, 0.15) is 19.4 Å². The average Bonchev–Trinajstić information content (AvgIpc) is 2.56. The highest BCUT2D eigenvalue weighted by Gasteiger charge is 2.23. The van der Waals surface area contributed by atoms with Gasteiger partial charge in [0.1, 0.15) is 0 Å². The van der Waals surface area contributed by atoms with Crippen LogP contribution in [0.3, 0.4) is 0 Å². The molecule has 2 rings (SSSR count). The van der Waals surface area contributed by atoms with E-state index in [0.717, 1.165) is 38.3 Å². The lowest BCUT2D eigenvalue weighted by Gasteiger charge is -2.35. The van der Waals surface area contributed by atoms with Crippen molar-refractivity contribution in [3.8, 4) is 5.88 Å². The predicted octanol–water partition coefficient (Wildman–Crippen LogP) is 2.06. The fraction of sp³-hybridized carbons (Fsp3) is 0.529. The molecule has 0 amide bonds. The van der Waals surface area contributed by atoms with Gasteiger partial charge in [0.05, 0.1) is 12.2 Å². The van der Waals surface area contributed by atoms with Crippen molar-refractivity contribution in [1.82, 2.24) is 14.8 Å². The second-order valence-electron chi connectivity index (χ2n) is 6.06. The number of rotatable bonds is 6. The van der Waals surface area contributed by atoms with E-state index < -0.39 is 0 Å². The summed E-state index contributed by atoms with van der Waals surface area (Å²) in [5, 5.41) is 13.1. The Morgan fingerprint density at radius 1 is 1.43 bits per heavy atom. The highest BCUT2D eigenvalue weighted by atomic mass is 16.5. The van der Waals surface area contributed by atoms with Crippen molar-refractivity contribution in [2.45, 2.75) is 13.8 Å². The van der Waals surface area contributed by atoms with Crippen LogP contribution in [0.5, 0.6) is 5.88 Å². The normalized spacial score (nSPS) is 16.7. The first kappa shape index (κ1) is 17.3. The molecule has 1 aromatic rings. The van der Waals surface area contributed by atoms with Crippen LogP contribution >= 0.6 is 0 Å². The molecule has 0 atom stereocenters. The SMILES string of the molecule is C=CCN1CCN(/C(=N\O)c2cccnc2OCC(C)C)CC1. The molecular formula is C17H26N4O2. The highest BCUT2D eigenvalue weighted by molar-refractivity contribution is 6.00. The molecular weight excluding hydrogens is 292 g/mol. The third-order valence-corrected chi connectivity index (χ3v) is 3.72. The molecule has 0 spiro atoms. The van der Waals surface area contributed by atoms with Crippen LogP contribution < -0.4 is 4.74 Å². The Hall–Kier alpha value is -2.08. The summed E-state index contributed by atoms with van der Waals surface area (Å²) in [7, 11) is 0. The van der Waals surface area contributed by atoms with Crippen molar-refractivity contribution in [3.63, 3.8) is 0 Å². The van der Waals surface area contributed by atoms with Gasteiger partial charge in [-0.05, 0) is 18.1 Å². The number of hydrogen-bond acceptors (Lipinski definition) is 5. The van der Waals surface area contributed by atoms with Gasteiger partial charge in [-0.1, -0.05) is 25.1 Å². The summed E-state index contributed by atoms with van der Waals surface area (Å²) < 4.78 is 5.78. The van der Waals surface area contributed by atoms with E-state index >= 15 is 0 Å². The monoisotopic (exact) mass is 318 g/mol. The molecule has 2 heterocycles. The van der Waals surface area contributed by atoms with E-state index in [1.165, 1.54) is 0 Å². The summed E-state index contributed by atoms with van der Waals surface area (Å²) >= 11 is 0. The van der Waals surface area contributed by atoms with Gasteiger partial charge < -0.3 is 14.8 Å². The molecule has 1 N–H and O–H groups in total. The molecule has 23 heavy (non-hydrogen) atoms. The number of aromatic nitrogens is 1. The van der Waals surface area contributed by atoms with Gasteiger partial charge in [0.15, 0.2) is 5.84 Å². The lowest BCUT2D eigenvalue weighted by atomic mass is 10.2. The van der Waals surface area contributed by atoms with Gasteiger partial charge >= 0.3 is 0 Å². The van der Waals surface area contributed by atoms with Crippen LogP contribution in [0.2, 0.25) is 0 Å². The maximum atomic E-state index is 9.54. The van der Waals surface area contributed by atoms with Crippen molar-refractivity contribution in [2.24, 2.45) is 11.1 Å². The van der Waals surface area contributed by atoms with E-state index in [9.17, 15) is 5.21 Å². The van der Waals surface area contributed by atoms with Gasteiger partial charge in [0, 0.05) is 38.9 Å². The minimum atomic E-state index is 0.404. The van der Waals surface area contributed by atoms with Gasteiger partial charge in [-0.2, -0.15) is 0 Å². The Morgan fingerprint density at radius 2 is 2.17 bits per heavy atom. The lowest BCUT2D eigenvalue weighted by Crippen LogP contribution is -2.49. The summed E-state index contributed by atoms with van der Waals surface area (Å²) in [5.41, 5.74) is 0.729. The van der Waals surface area contributed by atoms with E-state index in [1.807, 2.05) is 18.2 Å². The quantitative estimate of drug-likeness (QED) is 0.286. The summed E-state index contributed by atoms with van der Waals surface area (Å²) in [6, 6.07) is 3.71.